The van der Waals surface area contributed by atoms with Gasteiger partial charge in [0.15, 0.2) is 6.61 Å². The fourth-order valence-electron chi connectivity index (χ4n) is 2.28. The van der Waals surface area contributed by atoms with Gasteiger partial charge in [-0.25, -0.2) is 4.79 Å². The predicted molar refractivity (Wildman–Crippen MR) is 86.0 cm³/mol. The van der Waals surface area contributed by atoms with E-state index in [1.807, 2.05) is 6.92 Å². The van der Waals surface area contributed by atoms with Crippen molar-refractivity contribution in [2.75, 3.05) is 7.11 Å². The molecule has 2 heterocycles. The van der Waals surface area contributed by atoms with Crippen molar-refractivity contribution in [3.05, 3.63) is 47.2 Å². The highest BCUT2D eigenvalue weighted by atomic mass is 16.5. The number of aromatic nitrogens is 3. The van der Waals surface area contributed by atoms with Crippen molar-refractivity contribution >= 4 is 5.97 Å². The van der Waals surface area contributed by atoms with Crippen molar-refractivity contribution in [1.82, 2.24) is 15.4 Å². The van der Waals surface area contributed by atoms with E-state index in [9.17, 15) is 4.79 Å². The van der Waals surface area contributed by atoms with Crippen LogP contribution in [-0.2, 0) is 17.8 Å². The van der Waals surface area contributed by atoms with Crippen LogP contribution in [0.3, 0.4) is 0 Å². The van der Waals surface area contributed by atoms with Crippen LogP contribution in [0.5, 0.6) is 5.75 Å². The van der Waals surface area contributed by atoms with Gasteiger partial charge >= 0.3 is 5.97 Å². The molecule has 0 aliphatic rings. The summed E-state index contributed by atoms with van der Waals surface area (Å²) in [5.41, 5.74) is 1.65. The monoisotopic (exact) mass is 343 g/mol. The van der Waals surface area contributed by atoms with Gasteiger partial charge in [0.1, 0.15) is 17.1 Å². The SMILES string of the molecule is CCc1noc(C)c1C(=O)OCc1nnc(-c2ccc(OC)cc2)o1. The first kappa shape index (κ1) is 16.7. The molecule has 0 saturated carbocycles. The van der Waals surface area contributed by atoms with Gasteiger partial charge in [-0.15, -0.1) is 10.2 Å². The molecule has 8 nitrogen and oxygen atoms in total. The average molecular weight is 343 g/mol. The normalized spacial score (nSPS) is 10.7. The van der Waals surface area contributed by atoms with E-state index in [2.05, 4.69) is 15.4 Å². The molecule has 0 saturated heterocycles. The van der Waals surface area contributed by atoms with Crippen molar-refractivity contribution in [2.45, 2.75) is 26.9 Å². The number of esters is 1. The Morgan fingerprint density at radius 2 is 1.96 bits per heavy atom. The predicted octanol–water partition coefficient (Wildman–Crippen LogP) is 2.96. The van der Waals surface area contributed by atoms with Gasteiger partial charge in [0.25, 0.3) is 5.89 Å². The molecule has 0 bridgehead atoms. The summed E-state index contributed by atoms with van der Waals surface area (Å²) in [4.78, 5) is 12.2. The lowest BCUT2D eigenvalue weighted by Gasteiger charge is -2.02. The molecule has 3 rings (SSSR count). The maximum absolute atomic E-state index is 12.2. The highest BCUT2D eigenvalue weighted by Crippen LogP contribution is 2.22. The number of carbonyl (C=O) groups excluding carboxylic acids is 1. The second-order valence-electron chi connectivity index (χ2n) is 5.22. The van der Waals surface area contributed by atoms with Gasteiger partial charge in [-0.3, -0.25) is 0 Å². The van der Waals surface area contributed by atoms with Gasteiger partial charge in [-0.2, -0.15) is 0 Å². The van der Waals surface area contributed by atoms with Crippen molar-refractivity contribution < 1.29 is 23.2 Å². The minimum Gasteiger partial charge on any atom is -0.497 e. The van der Waals surface area contributed by atoms with Gasteiger partial charge in [-0.1, -0.05) is 12.1 Å². The molecule has 8 heteroatoms. The number of rotatable bonds is 6. The van der Waals surface area contributed by atoms with Gasteiger partial charge in [-0.05, 0) is 37.6 Å². The molecule has 0 N–H and O–H groups in total. The Labute approximate surface area is 143 Å². The maximum atomic E-state index is 12.2. The average Bonchev–Trinajstić information content (AvgIpc) is 3.26. The Hall–Kier alpha value is -3.16. The van der Waals surface area contributed by atoms with Crippen LogP contribution >= 0.6 is 0 Å². The summed E-state index contributed by atoms with van der Waals surface area (Å²) < 4.78 is 20.9. The third-order valence-electron chi connectivity index (χ3n) is 3.60. The zero-order valence-corrected chi connectivity index (χ0v) is 14.1. The number of ether oxygens (including phenoxy) is 2. The smallest absolute Gasteiger partial charge is 0.344 e. The summed E-state index contributed by atoms with van der Waals surface area (Å²) in [7, 11) is 1.59. The van der Waals surface area contributed by atoms with Crippen LogP contribution < -0.4 is 4.74 Å². The minimum atomic E-state index is -0.528. The summed E-state index contributed by atoms with van der Waals surface area (Å²) in [6.07, 6.45) is 0.573. The van der Waals surface area contributed by atoms with E-state index < -0.39 is 5.97 Å². The van der Waals surface area contributed by atoms with E-state index in [0.29, 0.717) is 29.3 Å². The quantitative estimate of drug-likeness (QED) is 0.630. The lowest BCUT2D eigenvalue weighted by Crippen LogP contribution is -2.08. The van der Waals surface area contributed by atoms with Crippen LogP contribution in [0.4, 0.5) is 0 Å². The third-order valence-corrected chi connectivity index (χ3v) is 3.60. The van der Waals surface area contributed by atoms with E-state index in [0.717, 1.165) is 11.3 Å². The molecule has 0 fully saturated rings. The van der Waals surface area contributed by atoms with Crippen LogP contribution in [0.2, 0.25) is 0 Å². The molecule has 25 heavy (non-hydrogen) atoms. The topological polar surface area (TPSA) is 100 Å². The van der Waals surface area contributed by atoms with Gasteiger partial charge in [0.05, 0.1) is 12.8 Å². The van der Waals surface area contributed by atoms with E-state index >= 15 is 0 Å². The Kier molecular flexibility index (Phi) is 4.78. The largest absolute Gasteiger partial charge is 0.497 e. The van der Waals surface area contributed by atoms with Crippen molar-refractivity contribution in [3.8, 4) is 17.2 Å². The number of methoxy groups -OCH3 is 1. The summed E-state index contributed by atoms with van der Waals surface area (Å²) in [6.45, 7) is 3.42. The molecule has 0 aliphatic carbocycles. The Morgan fingerprint density at radius 1 is 1.20 bits per heavy atom. The summed E-state index contributed by atoms with van der Waals surface area (Å²) in [5, 5.41) is 11.7. The highest BCUT2D eigenvalue weighted by Gasteiger charge is 2.21. The maximum Gasteiger partial charge on any atom is 0.344 e. The minimum absolute atomic E-state index is 0.129. The molecule has 0 unspecified atom stereocenters. The second-order valence-corrected chi connectivity index (χ2v) is 5.22. The molecule has 2 aromatic heterocycles. The highest BCUT2D eigenvalue weighted by molar-refractivity contribution is 5.91. The molecular formula is C17H17N3O5. The van der Waals surface area contributed by atoms with E-state index in [4.69, 9.17) is 18.4 Å². The summed E-state index contributed by atoms with van der Waals surface area (Å²) >= 11 is 0. The zero-order chi connectivity index (χ0) is 17.8. The van der Waals surface area contributed by atoms with Crippen molar-refractivity contribution in [2.24, 2.45) is 0 Å². The van der Waals surface area contributed by atoms with Crippen LogP contribution in [0.15, 0.2) is 33.2 Å². The number of hydrogen-bond acceptors (Lipinski definition) is 8. The number of hydrogen-bond donors (Lipinski definition) is 0. The molecule has 0 radical (unpaired) electrons. The lowest BCUT2D eigenvalue weighted by molar-refractivity contribution is 0.0435. The number of aryl methyl sites for hydroxylation is 2. The first-order valence-electron chi connectivity index (χ1n) is 7.71. The van der Waals surface area contributed by atoms with E-state index in [-0.39, 0.29) is 12.5 Å². The third kappa shape index (κ3) is 3.52. The molecule has 0 amide bonds. The summed E-state index contributed by atoms with van der Waals surface area (Å²) in [6, 6.07) is 7.19. The van der Waals surface area contributed by atoms with Gasteiger partial charge in [0.2, 0.25) is 5.89 Å². The van der Waals surface area contributed by atoms with Crippen LogP contribution in [0.25, 0.3) is 11.5 Å². The lowest BCUT2D eigenvalue weighted by atomic mass is 10.1. The Balaban J connectivity index is 1.67. The fourth-order valence-corrected chi connectivity index (χ4v) is 2.28. The fraction of sp³-hybridized carbons (Fsp3) is 0.294. The Morgan fingerprint density at radius 3 is 2.64 bits per heavy atom. The Bertz CT molecular complexity index is 867. The molecule has 0 spiro atoms. The standard InChI is InChI=1S/C17H17N3O5/c1-4-13-15(10(2)25-20-13)17(21)23-9-14-18-19-16(24-14)11-5-7-12(22-3)8-6-11/h5-8H,4,9H2,1-3H3. The van der Waals surface area contributed by atoms with Gasteiger partial charge < -0.3 is 18.4 Å². The first-order chi connectivity index (χ1) is 12.1. The van der Waals surface area contributed by atoms with Crippen molar-refractivity contribution in [1.29, 1.82) is 0 Å². The number of benzene rings is 1. The van der Waals surface area contributed by atoms with Gasteiger partial charge in [0, 0.05) is 5.56 Å². The molecule has 3 aromatic rings. The molecule has 0 aliphatic heterocycles. The zero-order valence-electron chi connectivity index (χ0n) is 14.1. The van der Waals surface area contributed by atoms with Crippen LogP contribution in [0, 0.1) is 6.92 Å². The first-order valence-corrected chi connectivity index (χ1v) is 7.71. The molecular weight excluding hydrogens is 326 g/mol. The van der Waals surface area contributed by atoms with Crippen LogP contribution in [-0.4, -0.2) is 28.4 Å². The van der Waals surface area contributed by atoms with E-state index in [1.165, 1.54) is 0 Å². The van der Waals surface area contributed by atoms with Crippen LogP contribution in [0.1, 0.15) is 34.6 Å². The second kappa shape index (κ2) is 7.16. The number of nitrogens with zero attached hydrogens (tertiary/aromatic N) is 3. The molecule has 130 valence electrons. The molecule has 0 atom stereocenters. The molecule has 1 aromatic carbocycles. The van der Waals surface area contributed by atoms with E-state index in [1.54, 1.807) is 38.3 Å². The number of carbonyl (C=O) groups is 1. The summed E-state index contributed by atoms with van der Waals surface area (Å²) in [5.74, 6) is 1.16. The van der Waals surface area contributed by atoms with Crippen molar-refractivity contribution in [3.63, 3.8) is 0 Å².